The van der Waals surface area contributed by atoms with Crippen molar-refractivity contribution in [2.75, 3.05) is 13.1 Å². The number of imide groups is 1. The molecule has 0 N–H and O–H groups in total. The van der Waals surface area contributed by atoms with Gasteiger partial charge in [-0.25, -0.2) is 8.78 Å². The monoisotopic (exact) mass is 472 g/mol. The van der Waals surface area contributed by atoms with Crippen molar-refractivity contribution in [1.82, 2.24) is 9.80 Å². The molecule has 2 aliphatic heterocycles. The minimum atomic E-state index is -0.823. The van der Waals surface area contributed by atoms with Gasteiger partial charge >= 0.3 is 0 Å². The highest BCUT2D eigenvalue weighted by atomic mass is 32.2. The smallest absolute Gasteiger partial charge is 0.293 e. The molecule has 33 heavy (non-hydrogen) atoms. The SMILES string of the molecule is CC1CN(C(=O)c2cccc(/C=C3\SC(=O)N(Cc4ccc(F)cc4F)C3=O)c2)CC(C)O1. The molecular formula is C24H22F2N2O4S. The van der Waals surface area contributed by atoms with Gasteiger partial charge in [0.1, 0.15) is 11.6 Å². The van der Waals surface area contributed by atoms with Crippen LogP contribution in [0.15, 0.2) is 47.4 Å². The van der Waals surface area contributed by atoms with Gasteiger partial charge in [0.2, 0.25) is 0 Å². The first-order valence-corrected chi connectivity index (χ1v) is 11.3. The van der Waals surface area contributed by atoms with Crippen LogP contribution in [-0.2, 0) is 16.1 Å². The lowest BCUT2D eigenvalue weighted by Crippen LogP contribution is -2.48. The van der Waals surface area contributed by atoms with E-state index in [9.17, 15) is 23.2 Å². The number of ether oxygens (including phenoxy) is 1. The zero-order valence-electron chi connectivity index (χ0n) is 18.1. The van der Waals surface area contributed by atoms with E-state index in [0.29, 0.717) is 30.3 Å². The Morgan fingerprint density at radius 2 is 1.85 bits per heavy atom. The van der Waals surface area contributed by atoms with Crippen LogP contribution in [0.1, 0.15) is 35.3 Å². The van der Waals surface area contributed by atoms with Gasteiger partial charge in [-0.05, 0) is 55.4 Å². The van der Waals surface area contributed by atoms with Gasteiger partial charge in [-0.15, -0.1) is 0 Å². The Labute approximate surface area is 194 Å². The standard InChI is InChI=1S/C24H22F2N2O4S/c1-14-11-27(12-15(2)32-14)22(29)17-5-3-4-16(8-17)9-21-23(30)28(24(31)33-21)13-18-6-7-19(25)10-20(18)26/h3-10,14-15H,11-13H2,1-2H3/b21-9-. The highest BCUT2D eigenvalue weighted by Crippen LogP contribution is 2.33. The van der Waals surface area contributed by atoms with Crippen LogP contribution in [0.3, 0.4) is 0 Å². The van der Waals surface area contributed by atoms with Crippen LogP contribution in [0.4, 0.5) is 13.6 Å². The Morgan fingerprint density at radius 3 is 2.55 bits per heavy atom. The molecule has 4 rings (SSSR count). The third-order valence-electron chi connectivity index (χ3n) is 5.36. The van der Waals surface area contributed by atoms with E-state index in [1.807, 2.05) is 13.8 Å². The van der Waals surface area contributed by atoms with Crippen molar-refractivity contribution in [3.05, 3.63) is 75.7 Å². The molecule has 2 fully saturated rings. The lowest BCUT2D eigenvalue weighted by molar-refractivity contribution is -0.123. The Kier molecular flexibility index (Phi) is 6.62. The fourth-order valence-electron chi connectivity index (χ4n) is 3.90. The van der Waals surface area contributed by atoms with Gasteiger partial charge in [0.15, 0.2) is 0 Å². The van der Waals surface area contributed by atoms with Gasteiger partial charge in [0, 0.05) is 30.3 Å². The highest BCUT2D eigenvalue weighted by molar-refractivity contribution is 8.18. The summed E-state index contributed by atoms with van der Waals surface area (Å²) in [6.07, 6.45) is 1.42. The maximum absolute atomic E-state index is 14.0. The predicted octanol–water partition coefficient (Wildman–Crippen LogP) is 4.45. The van der Waals surface area contributed by atoms with E-state index < -0.39 is 22.8 Å². The average molecular weight is 473 g/mol. The first kappa shape index (κ1) is 23.1. The molecule has 0 aromatic heterocycles. The molecule has 0 radical (unpaired) electrons. The van der Waals surface area contributed by atoms with Gasteiger partial charge in [-0.2, -0.15) is 0 Å². The van der Waals surface area contributed by atoms with Gasteiger partial charge in [0.05, 0.1) is 23.7 Å². The van der Waals surface area contributed by atoms with E-state index >= 15 is 0 Å². The molecule has 172 valence electrons. The van der Waals surface area contributed by atoms with E-state index in [-0.39, 0.29) is 35.1 Å². The van der Waals surface area contributed by atoms with E-state index in [0.717, 1.165) is 22.7 Å². The number of nitrogens with zero attached hydrogens (tertiary/aromatic N) is 2. The fourth-order valence-corrected chi connectivity index (χ4v) is 4.73. The minimum absolute atomic E-state index is 0.0431. The summed E-state index contributed by atoms with van der Waals surface area (Å²) in [5.41, 5.74) is 1.10. The number of halogens is 2. The third-order valence-corrected chi connectivity index (χ3v) is 6.26. The molecule has 2 aliphatic rings. The van der Waals surface area contributed by atoms with Crippen molar-refractivity contribution < 1.29 is 27.9 Å². The summed E-state index contributed by atoms with van der Waals surface area (Å²) in [6.45, 7) is 4.53. The van der Waals surface area contributed by atoms with Gasteiger partial charge in [0.25, 0.3) is 17.1 Å². The average Bonchev–Trinajstić information content (AvgIpc) is 3.01. The summed E-state index contributed by atoms with van der Waals surface area (Å²) in [5, 5.41) is -0.543. The van der Waals surface area contributed by atoms with Crippen LogP contribution in [-0.4, -0.2) is 52.2 Å². The van der Waals surface area contributed by atoms with Crippen molar-refractivity contribution in [3.8, 4) is 0 Å². The molecule has 6 nitrogen and oxygen atoms in total. The van der Waals surface area contributed by atoms with E-state index in [1.165, 1.54) is 12.1 Å². The highest BCUT2D eigenvalue weighted by Gasteiger charge is 2.35. The van der Waals surface area contributed by atoms with Crippen molar-refractivity contribution >= 4 is 34.9 Å². The van der Waals surface area contributed by atoms with Crippen LogP contribution >= 0.6 is 11.8 Å². The molecule has 3 amide bonds. The molecular weight excluding hydrogens is 450 g/mol. The lowest BCUT2D eigenvalue weighted by Gasteiger charge is -2.35. The number of carbonyl (C=O) groups excluding carboxylic acids is 3. The molecule has 0 saturated carbocycles. The predicted molar refractivity (Wildman–Crippen MR) is 120 cm³/mol. The van der Waals surface area contributed by atoms with Crippen LogP contribution in [0, 0.1) is 11.6 Å². The van der Waals surface area contributed by atoms with Crippen molar-refractivity contribution in [2.24, 2.45) is 0 Å². The minimum Gasteiger partial charge on any atom is -0.372 e. The van der Waals surface area contributed by atoms with E-state index in [4.69, 9.17) is 4.74 Å². The maximum Gasteiger partial charge on any atom is 0.293 e. The Morgan fingerprint density at radius 1 is 1.12 bits per heavy atom. The summed E-state index contributed by atoms with van der Waals surface area (Å²) < 4.78 is 32.8. The Hall–Kier alpha value is -3.04. The molecule has 9 heteroatoms. The second kappa shape index (κ2) is 9.44. The number of hydrogen-bond acceptors (Lipinski definition) is 5. The number of amides is 3. The van der Waals surface area contributed by atoms with Crippen LogP contribution in [0.25, 0.3) is 6.08 Å². The summed E-state index contributed by atoms with van der Waals surface area (Å²) in [6, 6.07) is 9.81. The molecule has 2 unspecified atom stereocenters. The molecule has 0 bridgehead atoms. The third kappa shape index (κ3) is 5.15. The van der Waals surface area contributed by atoms with Crippen molar-refractivity contribution in [3.63, 3.8) is 0 Å². The number of rotatable bonds is 4. The van der Waals surface area contributed by atoms with Crippen molar-refractivity contribution in [2.45, 2.75) is 32.6 Å². The van der Waals surface area contributed by atoms with Crippen LogP contribution in [0.2, 0.25) is 0 Å². The Bertz CT molecular complexity index is 1140. The zero-order valence-corrected chi connectivity index (χ0v) is 18.9. The van der Waals surface area contributed by atoms with Crippen LogP contribution in [0.5, 0.6) is 0 Å². The van der Waals surface area contributed by atoms with E-state index in [2.05, 4.69) is 0 Å². The normalized spacial score (nSPS) is 22.4. The molecule has 0 aliphatic carbocycles. The number of hydrogen-bond donors (Lipinski definition) is 0. The molecule has 2 aromatic rings. The number of morpholine rings is 1. The Balaban J connectivity index is 1.51. The molecule has 2 atom stereocenters. The summed E-state index contributed by atoms with van der Waals surface area (Å²) in [5.74, 6) is -2.26. The second-order valence-electron chi connectivity index (χ2n) is 8.10. The summed E-state index contributed by atoms with van der Waals surface area (Å²) in [7, 11) is 0. The quantitative estimate of drug-likeness (QED) is 0.615. The number of thioether (sulfide) groups is 1. The molecule has 2 aromatic carbocycles. The second-order valence-corrected chi connectivity index (χ2v) is 9.09. The summed E-state index contributed by atoms with van der Waals surface area (Å²) in [4.78, 5) is 40.9. The van der Waals surface area contributed by atoms with Gasteiger partial charge in [-0.3, -0.25) is 19.3 Å². The summed E-state index contributed by atoms with van der Waals surface area (Å²) >= 11 is 0.738. The van der Waals surface area contributed by atoms with E-state index in [1.54, 1.807) is 29.2 Å². The van der Waals surface area contributed by atoms with Crippen LogP contribution < -0.4 is 0 Å². The topological polar surface area (TPSA) is 66.9 Å². The number of carbonyl (C=O) groups is 3. The van der Waals surface area contributed by atoms with Gasteiger partial charge < -0.3 is 9.64 Å². The largest absolute Gasteiger partial charge is 0.372 e. The van der Waals surface area contributed by atoms with Crippen molar-refractivity contribution in [1.29, 1.82) is 0 Å². The first-order chi connectivity index (χ1) is 15.7. The molecule has 2 saturated heterocycles. The zero-order chi connectivity index (χ0) is 23.7. The lowest BCUT2D eigenvalue weighted by atomic mass is 10.1. The molecule has 0 spiro atoms. The number of benzene rings is 2. The fraction of sp³-hybridized carbons (Fsp3) is 0.292. The van der Waals surface area contributed by atoms with Gasteiger partial charge in [-0.1, -0.05) is 18.2 Å². The maximum atomic E-state index is 14.0. The molecule has 2 heterocycles. The first-order valence-electron chi connectivity index (χ1n) is 10.5.